The number of aliphatic hydroxyl groups excluding tert-OH is 2. The van der Waals surface area contributed by atoms with Crippen LogP contribution in [0.2, 0.25) is 0 Å². The van der Waals surface area contributed by atoms with Crippen LogP contribution < -0.4 is 0 Å². The molecule has 4 aliphatic carbocycles. The smallest absolute Gasteiger partial charge is 0.161 e. The van der Waals surface area contributed by atoms with E-state index in [1.807, 2.05) is 12.3 Å². The van der Waals surface area contributed by atoms with Gasteiger partial charge in [-0.1, -0.05) is 45.4 Å². The summed E-state index contributed by atoms with van der Waals surface area (Å²) in [7, 11) is 0. The highest BCUT2D eigenvalue weighted by atomic mass is 16.3. The van der Waals surface area contributed by atoms with E-state index >= 15 is 0 Å². The Kier molecular flexibility index (Phi) is 4.57. The minimum absolute atomic E-state index is 0.0135. The summed E-state index contributed by atoms with van der Waals surface area (Å²) in [5.74, 6) is 0.850. The fourth-order valence-electron chi connectivity index (χ4n) is 8.70. The number of allylic oxidation sites excluding steroid dienone is 3. The van der Waals surface area contributed by atoms with Gasteiger partial charge in [0.25, 0.3) is 0 Å². The van der Waals surface area contributed by atoms with Crippen molar-refractivity contribution in [1.29, 1.82) is 0 Å². The molecule has 2 saturated carbocycles. The van der Waals surface area contributed by atoms with Crippen LogP contribution in [-0.4, -0.2) is 29.2 Å². The second kappa shape index (κ2) is 6.68. The maximum Gasteiger partial charge on any atom is 0.161 e. The maximum atomic E-state index is 13.5. The van der Waals surface area contributed by atoms with Gasteiger partial charge in [-0.05, 0) is 77.9 Å². The van der Waals surface area contributed by atoms with E-state index in [1.165, 1.54) is 11.1 Å². The minimum Gasteiger partial charge on any atom is -0.472 e. The Balaban J connectivity index is 1.63. The van der Waals surface area contributed by atoms with E-state index in [2.05, 4.69) is 39.8 Å². The monoisotopic (exact) mass is 424 g/mol. The van der Waals surface area contributed by atoms with E-state index in [-0.39, 0.29) is 47.6 Å². The lowest BCUT2D eigenvalue weighted by atomic mass is 9.36. The second-order valence-corrected chi connectivity index (χ2v) is 11.6. The lowest BCUT2D eigenvalue weighted by Crippen LogP contribution is -2.64. The Morgan fingerprint density at radius 3 is 2.55 bits per heavy atom. The molecule has 0 saturated heterocycles. The summed E-state index contributed by atoms with van der Waals surface area (Å²) in [5.41, 5.74) is 1.52. The Hall–Kier alpha value is -1.65. The zero-order valence-corrected chi connectivity index (χ0v) is 19.2. The third kappa shape index (κ3) is 2.47. The van der Waals surface area contributed by atoms with Gasteiger partial charge in [-0.25, -0.2) is 0 Å². The second-order valence-electron chi connectivity index (χ2n) is 11.6. The van der Waals surface area contributed by atoms with Crippen LogP contribution in [0.15, 0.2) is 46.8 Å². The average molecular weight is 425 g/mol. The van der Waals surface area contributed by atoms with Gasteiger partial charge in [0.1, 0.15) is 0 Å². The number of hydrogen-bond donors (Lipinski definition) is 2. The highest BCUT2D eigenvalue weighted by Crippen LogP contribution is 2.73. The zero-order valence-electron chi connectivity index (χ0n) is 19.2. The largest absolute Gasteiger partial charge is 0.472 e. The molecule has 5 rings (SSSR count). The van der Waals surface area contributed by atoms with Gasteiger partial charge in [0.2, 0.25) is 0 Å². The van der Waals surface area contributed by atoms with Crippen molar-refractivity contribution < 1.29 is 19.4 Å². The van der Waals surface area contributed by atoms with Crippen LogP contribution in [0.25, 0.3) is 0 Å². The van der Waals surface area contributed by atoms with Crippen molar-refractivity contribution >= 4 is 5.78 Å². The molecule has 0 bridgehead atoms. The molecule has 0 aliphatic heterocycles. The minimum atomic E-state index is -0.525. The van der Waals surface area contributed by atoms with Gasteiger partial charge in [-0.2, -0.15) is 0 Å². The zero-order chi connectivity index (χ0) is 22.2. The van der Waals surface area contributed by atoms with Crippen LogP contribution in [0, 0.1) is 39.4 Å². The SMILES string of the molecule is C[C@]12C3=CC[C@@H](c4ccoc4)[C@]3(C)CC[C@@H]1[C@@]1(C)C(=O)C=C[C@@](C)(CO)[C@@H]1C[C@H]2CO. The number of ketones is 1. The molecule has 2 fully saturated rings. The molecular formula is C27H36O4. The molecule has 2 N–H and O–H groups in total. The van der Waals surface area contributed by atoms with Gasteiger partial charge in [-0.15, -0.1) is 0 Å². The summed E-state index contributed by atoms with van der Waals surface area (Å²) >= 11 is 0. The summed E-state index contributed by atoms with van der Waals surface area (Å²) in [6.07, 6.45) is 13.5. The molecule has 0 amide bonds. The van der Waals surface area contributed by atoms with E-state index in [0.717, 1.165) is 25.7 Å². The van der Waals surface area contributed by atoms with Gasteiger partial charge < -0.3 is 14.6 Å². The quantitative estimate of drug-likeness (QED) is 0.678. The van der Waals surface area contributed by atoms with Crippen molar-refractivity contribution in [3.8, 4) is 0 Å². The molecule has 4 aliphatic rings. The number of rotatable bonds is 3. The Labute approximate surface area is 185 Å². The maximum absolute atomic E-state index is 13.5. The third-order valence-corrected chi connectivity index (χ3v) is 10.5. The highest BCUT2D eigenvalue weighted by Gasteiger charge is 2.69. The first-order valence-electron chi connectivity index (χ1n) is 11.8. The highest BCUT2D eigenvalue weighted by molar-refractivity contribution is 5.96. The predicted molar refractivity (Wildman–Crippen MR) is 119 cm³/mol. The summed E-state index contributed by atoms with van der Waals surface area (Å²) in [5, 5.41) is 20.9. The molecule has 1 aromatic rings. The molecule has 4 heteroatoms. The summed E-state index contributed by atoms with van der Waals surface area (Å²) in [4.78, 5) is 13.5. The Morgan fingerprint density at radius 2 is 1.90 bits per heavy atom. The molecule has 0 radical (unpaired) electrons. The fraction of sp³-hybridized carbons (Fsp3) is 0.667. The van der Waals surface area contributed by atoms with Crippen molar-refractivity contribution in [3.05, 3.63) is 48.0 Å². The van der Waals surface area contributed by atoms with E-state index < -0.39 is 10.8 Å². The standard InChI is InChI=1S/C27H36O4/c1-24(16-29)10-8-23(30)27(4)21-7-11-25(2)19(17-9-12-31-15-17)5-6-20(25)26(21,3)18(14-28)13-22(24)27/h6,8-10,12,15,18-19,21-22,28-29H,5,7,11,13-14,16H2,1-4H3/t18-,19-,21-,22-,24-,25-,26-,27+/m0/s1. The summed E-state index contributed by atoms with van der Waals surface area (Å²) in [6.45, 7) is 9.08. The van der Waals surface area contributed by atoms with Crippen LogP contribution in [0.5, 0.6) is 0 Å². The van der Waals surface area contributed by atoms with Crippen LogP contribution in [-0.2, 0) is 4.79 Å². The normalized spacial score (nSPS) is 48.7. The number of aliphatic hydroxyl groups is 2. The summed E-state index contributed by atoms with van der Waals surface area (Å²) < 4.78 is 5.42. The topological polar surface area (TPSA) is 70.7 Å². The molecule has 1 heterocycles. The lowest BCUT2D eigenvalue weighted by Gasteiger charge is -2.67. The first kappa shape index (κ1) is 21.2. The molecule has 8 atom stereocenters. The molecule has 0 aromatic carbocycles. The number of carbonyl (C=O) groups is 1. The fourth-order valence-corrected chi connectivity index (χ4v) is 8.70. The van der Waals surface area contributed by atoms with Crippen molar-refractivity contribution in [2.24, 2.45) is 39.4 Å². The number of furan rings is 1. The van der Waals surface area contributed by atoms with E-state index in [0.29, 0.717) is 5.92 Å². The van der Waals surface area contributed by atoms with E-state index in [4.69, 9.17) is 4.42 Å². The first-order chi connectivity index (χ1) is 14.7. The van der Waals surface area contributed by atoms with E-state index in [9.17, 15) is 15.0 Å². The van der Waals surface area contributed by atoms with Crippen molar-refractivity contribution in [2.45, 2.75) is 59.3 Å². The van der Waals surface area contributed by atoms with Gasteiger partial charge in [-0.3, -0.25) is 4.79 Å². The third-order valence-electron chi connectivity index (χ3n) is 10.5. The summed E-state index contributed by atoms with van der Waals surface area (Å²) in [6, 6.07) is 2.09. The van der Waals surface area contributed by atoms with Crippen LogP contribution in [0.3, 0.4) is 0 Å². The molecule has 0 spiro atoms. The van der Waals surface area contributed by atoms with Gasteiger partial charge in [0, 0.05) is 17.4 Å². The van der Waals surface area contributed by atoms with Crippen LogP contribution in [0.1, 0.15) is 64.9 Å². The van der Waals surface area contributed by atoms with Crippen molar-refractivity contribution in [1.82, 2.24) is 0 Å². The molecule has 0 unspecified atom stereocenters. The lowest BCUT2D eigenvalue weighted by molar-refractivity contribution is -0.171. The van der Waals surface area contributed by atoms with Crippen molar-refractivity contribution in [2.75, 3.05) is 13.2 Å². The van der Waals surface area contributed by atoms with Crippen LogP contribution in [0.4, 0.5) is 0 Å². The molecular weight excluding hydrogens is 388 g/mol. The van der Waals surface area contributed by atoms with Crippen molar-refractivity contribution in [3.63, 3.8) is 0 Å². The van der Waals surface area contributed by atoms with E-state index in [1.54, 1.807) is 12.3 Å². The molecule has 4 nitrogen and oxygen atoms in total. The number of carbonyl (C=O) groups excluding carboxylic acids is 1. The average Bonchev–Trinajstić information content (AvgIpc) is 3.38. The number of fused-ring (bicyclic) bond motifs is 5. The predicted octanol–water partition coefficient (Wildman–Crippen LogP) is 4.89. The van der Waals surface area contributed by atoms with Gasteiger partial charge in [0.15, 0.2) is 5.78 Å². The molecule has 31 heavy (non-hydrogen) atoms. The van der Waals surface area contributed by atoms with Gasteiger partial charge in [0.05, 0.1) is 19.1 Å². The number of hydrogen-bond acceptors (Lipinski definition) is 4. The Morgan fingerprint density at radius 1 is 1.13 bits per heavy atom. The Bertz CT molecular complexity index is 944. The molecule has 1 aromatic heterocycles. The first-order valence-corrected chi connectivity index (χ1v) is 11.8. The van der Waals surface area contributed by atoms with Crippen LogP contribution >= 0.6 is 0 Å². The van der Waals surface area contributed by atoms with Gasteiger partial charge >= 0.3 is 0 Å². The molecule has 168 valence electrons.